The highest BCUT2D eigenvalue weighted by Crippen LogP contribution is 2.35. The summed E-state index contributed by atoms with van der Waals surface area (Å²) in [6, 6.07) is -0.229. The number of imidazole rings is 1. The van der Waals surface area contributed by atoms with E-state index in [-0.39, 0.29) is 12.1 Å². The monoisotopic (exact) mass is 334 g/mol. The number of hydroxylamine groups is 2. The van der Waals surface area contributed by atoms with Crippen molar-refractivity contribution in [3.8, 4) is 0 Å². The highest BCUT2D eigenvalue weighted by Gasteiger charge is 2.35. The van der Waals surface area contributed by atoms with Crippen LogP contribution in [0.15, 0.2) is 12.7 Å². The molecule has 130 valence electrons. The molecule has 0 aromatic carbocycles. The van der Waals surface area contributed by atoms with Crippen molar-refractivity contribution in [2.24, 2.45) is 0 Å². The number of amides is 1. The number of carbonyl (C=O) groups is 1. The molecule has 0 spiro atoms. The average molecular weight is 334 g/mol. The van der Waals surface area contributed by atoms with E-state index in [0.29, 0.717) is 34.9 Å². The van der Waals surface area contributed by atoms with Crippen LogP contribution in [0.1, 0.15) is 46.1 Å². The molecule has 0 saturated heterocycles. The predicted octanol–water partition coefficient (Wildman–Crippen LogP) is 2.13. The molecule has 2 aromatic heterocycles. The molecule has 2 aromatic rings. The van der Waals surface area contributed by atoms with Gasteiger partial charge in [0.15, 0.2) is 11.5 Å². The third-order valence-electron chi connectivity index (χ3n) is 4.08. The fourth-order valence-electron chi connectivity index (χ4n) is 3.00. The maximum atomic E-state index is 12.0. The number of carbonyl (C=O) groups excluding carboxylic acids is 1. The Bertz CT molecular complexity index is 753. The number of fused-ring (bicyclic) bond motifs is 1. The molecule has 1 amide bonds. The average Bonchev–Trinajstić information content (AvgIpc) is 3.11. The number of hydrogen-bond acceptors (Lipinski definition) is 7. The van der Waals surface area contributed by atoms with Crippen LogP contribution in [0, 0.1) is 0 Å². The van der Waals surface area contributed by atoms with Crippen molar-refractivity contribution in [1.82, 2.24) is 24.6 Å². The van der Waals surface area contributed by atoms with Gasteiger partial charge in [-0.15, -0.1) is 0 Å². The number of ether oxygens (including phenoxy) is 1. The van der Waals surface area contributed by atoms with Crippen molar-refractivity contribution in [2.75, 3.05) is 5.73 Å². The maximum absolute atomic E-state index is 12.0. The molecule has 0 aliphatic heterocycles. The number of hydrogen-bond donors (Lipinski definition) is 2. The largest absolute Gasteiger partial charge is 0.442 e. The summed E-state index contributed by atoms with van der Waals surface area (Å²) in [5, 5.41) is 10.8. The maximum Gasteiger partial charge on any atom is 0.434 e. The normalized spacial score (nSPS) is 21.2. The first kappa shape index (κ1) is 16.4. The molecule has 1 aliphatic carbocycles. The number of nitrogens with two attached hydrogens (primary N) is 1. The van der Waals surface area contributed by atoms with E-state index in [9.17, 15) is 10.0 Å². The van der Waals surface area contributed by atoms with E-state index in [1.807, 2.05) is 4.57 Å². The van der Waals surface area contributed by atoms with Gasteiger partial charge in [0.1, 0.15) is 17.4 Å². The molecule has 2 unspecified atom stereocenters. The van der Waals surface area contributed by atoms with Gasteiger partial charge in [0, 0.05) is 6.04 Å². The third kappa shape index (κ3) is 3.12. The van der Waals surface area contributed by atoms with Crippen LogP contribution in [0.25, 0.3) is 11.2 Å². The van der Waals surface area contributed by atoms with E-state index < -0.39 is 11.7 Å². The lowest BCUT2D eigenvalue weighted by atomic mass is 10.2. The molecular weight excluding hydrogens is 312 g/mol. The fraction of sp³-hybridized carbons (Fsp3) is 0.600. The standard InChI is InChI=1S/C15H22N6O3/c1-15(2,3)24-14(22)21(23)10-5-4-9(6-10)20-8-19-11-12(16)17-7-18-13(11)20/h7-10,23H,4-6H2,1-3H3,(H2,16,17,18). The number of aromatic nitrogens is 4. The van der Waals surface area contributed by atoms with Gasteiger partial charge in [0.2, 0.25) is 0 Å². The second kappa shape index (κ2) is 5.90. The molecule has 24 heavy (non-hydrogen) atoms. The lowest BCUT2D eigenvalue weighted by Gasteiger charge is -2.26. The second-order valence-corrected chi connectivity index (χ2v) is 7.03. The Morgan fingerprint density at radius 1 is 1.38 bits per heavy atom. The van der Waals surface area contributed by atoms with Crippen LogP contribution >= 0.6 is 0 Å². The van der Waals surface area contributed by atoms with Gasteiger partial charge >= 0.3 is 6.09 Å². The first-order valence-electron chi connectivity index (χ1n) is 7.90. The van der Waals surface area contributed by atoms with Crippen LogP contribution in [0.3, 0.4) is 0 Å². The highest BCUT2D eigenvalue weighted by atomic mass is 16.6. The van der Waals surface area contributed by atoms with Gasteiger partial charge in [0.25, 0.3) is 0 Å². The molecule has 1 fully saturated rings. The summed E-state index contributed by atoms with van der Waals surface area (Å²) in [6.45, 7) is 5.29. The highest BCUT2D eigenvalue weighted by molar-refractivity contribution is 5.81. The lowest BCUT2D eigenvalue weighted by molar-refractivity contribution is -0.119. The van der Waals surface area contributed by atoms with Gasteiger partial charge < -0.3 is 15.0 Å². The van der Waals surface area contributed by atoms with Crippen LogP contribution in [0.2, 0.25) is 0 Å². The van der Waals surface area contributed by atoms with E-state index >= 15 is 0 Å². The molecule has 0 radical (unpaired) electrons. The van der Waals surface area contributed by atoms with Crippen LogP contribution in [0.4, 0.5) is 10.6 Å². The Hall–Kier alpha value is -2.42. The first-order valence-corrected chi connectivity index (χ1v) is 7.90. The van der Waals surface area contributed by atoms with Crippen molar-refractivity contribution in [2.45, 2.75) is 57.7 Å². The third-order valence-corrected chi connectivity index (χ3v) is 4.08. The molecule has 9 heteroatoms. The Morgan fingerprint density at radius 3 is 2.83 bits per heavy atom. The second-order valence-electron chi connectivity index (χ2n) is 7.03. The molecule has 3 N–H and O–H groups in total. The van der Waals surface area contributed by atoms with E-state index in [0.717, 1.165) is 6.42 Å². The summed E-state index contributed by atoms with van der Waals surface area (Å²) in [6.07, 6.45) is 4.40. The van der Waals surface area contributed by atoms with Crippen molar-refractivity contribution in [3.63, 3.8) is 0 Å². The lowest BCUT2D eigenvalue weighted by Crippen LogP contribution is -2.40. The van der Waals surface area contributed by atoms with E-state index in [1.165, 1.54) is 6.33 Å². The van der Waals surface area contributed by atoms with Gasteiger partial charge in [0.05, 0.1) is 12.4 Å². The molecular formula is C15H22N6O3. The minimum atomic E-state index is -0.727. The van der Waals surface area contributed by atoms with E-state index in [1.54, 1.807) is 27.1 Å². The smallest absolute Gasteiger partial charge is 0.434 e. The molecule has 0 bridgehead atoms. The zero-order chi connectivity index (χ0) is 17.5. The molecule has 1 aliphatic rings. The summed E-state index contributed by atoms with van der Waals surface area (Å²) in [5.74, 6) is 0.339. The van der Waals surface area contributed by atoms with Crippen LogP contribution in [-0.2, 0) is 4.74 Å². The Morgan fingerprint density at radius 2 is 2.12 bits per heavy atom. The van der Waals surface area contributed by atoms with Crippen molar-refractivity contribution in [3.05, 3.63) is 12.7 Å². The summed E-state index contributed by atoms with van der Waals surface area (Å²) in [5.41, 5.74) is 6.38. The Balaban J connectivity index is 1.73. The van der Waals surface area contributed by atoms with Crippen molar-refractivity contribution < 1.29 is 14.7 Å². The molecule has 2 heterocycles. The van der Waals surface area contributed by atoms with Crippen LogP contribution in [-0.4, -0.2) is 47.5 Å². The quantitative estimate of drug-likeness (QED) is 0.637. The van der Waals surface area contributed by atoms with Crippen LogP contribution < -0.4 is 5.73 Å². The number of anilines is 1. The summed E-state index contributed by atoms with van der Waals surface area (Å²) in [7, 11) is 0. The van der Waals surface area contributed by atoms with Gasteiger partial charge in [-0.25, -0.2) is 19.7 Å². The zero-order valence-corrected chi connectivity index (χ0v) is 14.0. The Labute approximate surface area is 139 Å². The minimum Gasteiger partial charge on any atom is -0.442 e. The molecule has 1 saturated carbocycles. The minimum absolute atomic E-state index is 0.0754. The predicted molar refractivity (Wildman–Crippen MR) is 86.3 cm³/mol. The van der Waals surface area contributed by atoms with Gasteiger partial charge in [-0.3, -0.25) is 5.21 Å². The first-order chi connectivity index (χ1) is 11.3. The summed E-state index contributed by atoms with van der Waals surface area (Å²) < 4.78 is 7.13. The molecule has 2 atom stereocenters. The SMILES string of the molecule is CC(C)(C)OC(=O)N(O)C1CCC(n2cnc3c(N)ncnc32)C1. The molecule has 9 nitrogen and oxygen atoms in total. The Kier molecular flexibility index (Phi) is 4.04. The van der Waals surface area contributed by atoms with E-state index in [4.69, 9.17) is 10.5 Å². The van der Waals surface area contributed by atoms with Gasteiger partial charge in [-0.1, -0.05) is 0 Å². The van der Waals surface area contributed by atoms with Crippen molar-refractivity contribution in [1.29, 1.82) is 0 Å². The van der Waals surface area contributed by atoms with Gasteiger partial charge in [-0.05, 0) is 40.0 Å². The summed E-state index contributed by atoms with van der Waals surface area (Å²) in [4.78, 5) is 24.4. The zero-order valence-electron chi connectivity index (χ0n) is 14.0. The van der Waals surface area contributed by atoms with Gasteiger partial charge in [-0.2, -0.15) is 5.06 Å². The molecule has 3 rings (SSSR count). The summed E-state index contributed by atoms with van der Waals surface area (Å²) >= 11 is 0. The topological polar surface area (TPSA) is 119 Å². The van der Waals surface area contributed by atoms with Crippen molar-refractivity contribution >= 4 is 23.1 Å². The number of nitrogens with zero attached hydrogens (tertiary/aromatic N) is 5. The van der Waals surface area contributed by atoms with Crippen LogP contribution in [0.5, 0.6) is 0 Å². The number of nitrogen functional groups attached to an aromatic ring is 1. The fourth-order valence-corrected chi connectivity index (χ4v) is 3.00. The number of rotatable bonds is 2. The van der Waals surface area contributed by atoms with E-state index in [2.05, 4.69) is 15.0 Å².